The molecule has 4 amide bonds. The van der Waals surface area contributed by atoms with Gasteiger partial charge in [0, 0.05) is 37.7 Å². The number of ether oxygens (including phenoxy) is 2. The number of allylic oxidation sites excluding steroid dienone is 2. The van der Waals surface area contributed by atoms with E-state index in [1.54, 1.807) is 11.8 Å². The molecule has 47 heavy (non-hydrogen) atoms. The van der Waals surface area contributed by atoms with E-state index in [2.05, 4.69) is 15.4 Å². The smallest absolute Gasteiger partial charge is 0.422 e. The van der Waals surface area contributed by atoms with Crippen LogP contribution in [0, 0.1) is 5.92 Å². The van der Waals surface area contributed by atoms with Gasteiger partial charge < -0.3 is 24.6 Å². The largest absolute Gasteiger partial charge is 0.461 e. The molecule has 11 nitrogen and oxygen atoms in total. The number of morpholine rings is 1. The van der Waals surface area contributed by atoms with Gasteiger partial charge in [0.05, 0.1) is 18.9 Å². The molecule has 0 saturated carbocycles. The average Bonchev–Trinajstić information content (AvgIpc) is 3.49. The van der Waals surface area contributed by atoms with E-state index >= 15 is 0 Å². The number of nitrogens with one attached hydrogen (secondary N) is 2. The molecule has 2 N–H and O–H groups in total. The summed E-state index contributed by atoms with van der Waals surface area (Å²) in [6.07, 6.45) is -5.38. The summed E-state index contributed by atoms with van der Waals surface area (Å²) in [5, 5.41) is 4.71. The van der Waals surface area contributed by atoms with Gasteiger partial charge in [-0.15, -0.1) is 0 Å². The maximum Gasteiger partial charge on any atom is 0.461 e. The third kappa shape index (κ3) is 9.05. The Kier molecular flexibility index (Phi) is 12.5. The molecule has 2 aliphatic rings. The van der Waals surface area contributed by atoms with Gasteiger partial charge in [-0.25, -0.2) is 0 Å². The minimum absolute atomic E-state index is 0.000595. The van der Waals surface area contributed by atoms with Crippen LogP contribution in [0.5, 0.6) is 0 Å². The average molecular weight is 675 g/mol. The van der Waals surface area contributed by atoms with Crippen molar-refractivity contribution in [3.05, 3.63) is 46.8 Å². The molecule has 2 fully saturated rings. The van der Waals surface area contributed by atoms with E-state index in [4.69, 9.17) is 4.74 Å². The van der Waals surface area contributed by atoms with Crippen molar-refractivity contribution in [2.45, 2.75) is 77.6 Å². The molecule has 0 spiro atoms. The number of imide groups is 1. The molecule has 0 radical (unpaired) electrons. The molecule has 3 rings (SSSR count). The van der Waals surface area contributed by atoms with Crippen LogP contribution in [0.1, 0.15) is 74.1 Å². The Balaban J connectivity index is 1.78. The topological polar surface area (TPSA) is 134 Å². The molecule has 0 aromatic heterocycles. The van der Waals surface area contributed by atoms with Crippen LogP contribution in [0.3, 0.4) is 0 Å². The van der Waals surface area contributed by atoms with Gasteiger partial charge in [-0.2, -0.15) is 22.0 Å². The van der Waals surface area contributed by atoms with Crippen LogP contribution in [0.25, 0.3) is 0 Å². The van der Waals surface area contributed by atoms with E-state index in [0.717, 1.165) is 4.90 Å². The van der Waals surface area contributed by atoms with Gasteiger partial charge in [0.2, 0.25) is 17.6 Å². The van der Waals surface area contributed by atoms with Crippen molar-refractivity contribution in [2.24, 2.45) is 5.92 Å². The van der Waals surface area contributed by atoms with Crippen molar-refractivity contribution < 1.29 is 55.4 Å². The van der Waals surface area contributed by atoms with Gasteiger partial charge in [0.1, 0.15) is 12.1 Å². The molecule has 1 aromatic rings. The first-order valence-electron chi connectivity index (χ1n) is 15.3. The fraction of sp³-hybridized carbons (Fsp3) is 0.581. The highest BCUT2D eigenvalue weighted by molar-refractivity contribution is 6.03. The molecule has 16 heteroatoms. The highest BCUT2D eigenvalue weighted by Crippen LogP contribution is 2.45. The molecule has 0 bridgehead atoms. The summed E-state index contributed by atoms with van der Waals surface area (Å²) in [4.78, 5) is 66.4. The second-order valence-corrected chi connectivity index (χ2v) is 11.5. The van der Waals surface area contributed by atoms with Gasteiger partial charge >= 0.3 is 18.1 Å². The highest BCUT2D eigenvalue weighted by atomic mass is 19.4. The first-order valence-corrected chi connectivity index (χ1v) is 15.3. The van der Waals surface area contributed by atoms with Gasteiger partial charge in [-0.3, -0.25) is 29.3 Å². The van der Waals surface area contributed by atoms with E-state index < -0.39 is 65.2 Å². The summed E-state index contributed by atoms with van der Waals surface area (Å²) in [5.74, 6) is -12.7. The minimum atomic E-state index is -6.10. The molecule has 1 aromatic carbocycles. The number of esters is 1. The molecular weight excluding hydrogens is 635 g/mol. The third-order valence-corrected chi connectivity index (χ3v) is 7.67. The number of alkyl halides is 5. The van der Waals surface area contributed by atoms with Gasteiger partial charge in [0.25, 0.3) is 11.8 Å². The van der Waals surface area contributed by atoms with Crippen LogP contribution in [-0.4, -0.2) is 96.4 Å². The Morgan fingerprint density at radius 3 is 2.11 bits per heavy atom. The van der Waals surface area contributed by atoms with E-state index in [1.807, 2.05) is 0 Å². The lowest BCUT2D eigenvalue weighted by molar-refractivity contribution is -0.276. The number of nitrogens with zero attached hydrogens (tertiary/aromatic N) is 2. The number of likely N-dealkylation sites (tertiary alicyclic amines) is 1. The zero-order valence-corrected chi connectivity index (χ0v) is 26.5. The Hall–Kier alpha value is -4.08. The lowest BCUT2D eigenvalue weighted by Gasteiger charge is -2.34. The first kappa shape index (κ1) is 37.4. The first-order chi connectivity index (χ1) is 22.0. The predicted octanol–water partition coefficient (Wildman–Crippen LogP) is 3.79. The number of benzene rings is 1. The molecule has 2 saturated heterocycles. The summed E-state index contributed by atoms with van der Waals surface area (Å²) < 4.78 is 79.3. The Morgan fingerprint density at radius 2 is 1.57 bits per heavy atom. The number of rotatable bonds is 11. The number of carbonyl (C=O) groups excluding carboxylic acids is 5. The SMILES string of the molecule is CCC[C@H](NC(=O)c1ccc(C(=O)N2CCOCC2)cc1)C(=O)NC(=O)[C@@H]1CCCN1/C(=C(\OC(C)=O)C(F)(F)C(F)(F)F)C(C)C. The summed E-state index contributed by atoms with van der Waals surface area (Å²) in [6.45, 7) is 6.62. The van der Waals surface area contributed by atoms with Crippen LogP contribution >= 0.6 is 0 Å². The minimum Gasteiger partial charge on any atom is -0.422 e. The van der Waals surface area contributed by atoms with Crippen molar-refractivity contribution in [3.63, 3.8) is 0 Å². The zero-order valence-electron chi connectivity index (χ0n) is 26.5. The van der Waals surface area contributed by atoms with E-state index in [-0.39, 0.29) is 37.3 Å². The quantitative estimate of drug-likeness (QED) is 0.206. The van der Waals surface area contributed by atoms with E-state index in [9.17, 15) is 45.9 Å². The molecule has 0 unspecified atom stereocenters. The summed E-state index contributed by atoms with van der Waals surface area (Å²) in [6, 6.07) is 3.25. The van der Waals surface area contributed by atoms with Gasteiger partial charge in [-0.05, 0) is 49.4 Å². The number of carbonyl (C=O) groups is 5. The normalized spacial score (nSPS) is 18.4. The Morgan fingerprint density at radius 1 is 0.979 bits per heavy atom. The number of halogens is 5. The van der Waals surface area contributed by atoms with Crippen LogP contribution in [0.15, 0.2) is 35.7 Å². The van der Waals surface area contributed by atoms with E-state index in [1.165, 1.54) is 38.1 Å². The summed E-state index contributed by atoms with van der Waals surface area (Å²) in [7, 11) is 0. The maximum atomic E-state index is 14.7. The van der Waals surface area contributed by atoms with Crippen molar-refractivity contribution in [3.8, 4) is 0 Å². The third-order valence-electron chi connectivity index (χ3n) is 7.67. The lowest BCUT2D eigenvalue weighted by Crippen LogP contribution is -2.53. The Bertz CT molecular complexity index is 1360. The monoisotopic (exact) mass is 674 g/mol. The molecule has 2 atom stereocenters. The standard InChI is InChI=1S/C31H39F5N4O7/c1-5-7-22(37-26(42)20-9-11-21(12-10-20)29(45)39-14-16-46-17-15-39)27(43)38-28(44)23-8-6-13-40(23)24(18(2)3)25(47-19(4)41)30(32,33)31(34,35)36/h9-12,18,22-23H,5-8,13-17H2,1-4H3,(H,37,42)(H,38,43,44)/b25-24-/t22-,23-/m0/s1. The number of amides is 4. The second-order valence-electron chi connectivity index (χ2n) is 11.5. The van der Waals surface area contributed by atoms with Gasteiger partial charge in [-0.1, -0.05) is 27.2 Å². The second kappa shape index (κ2) is 15.7. The fourth-order valence-corrected chi connectivity index (χ4v) is 5.41. The van der Waals surface area contributed by atoms with E-state index in [0.29, 0.717) is 45.2 Å². The molecule has 2 heterocycles. The van der Waals surface area contributed by atoms with Crippen molar-refractivity contribution in [1.82, 2.24) is 20.4 Å². The molecular formula is C31H39F5N4O7. The lowest BCUT2D eigenvalue weighted by atomic mass is 10.0. The zero-order chi connectivity index (χ0) is 35.1. The van der Waals surface area contributed by atoms with Crippen LogP contribution in [0.2, 0.25) is 0 Å². The molecule has 260 valence electrons. The van der Waals surface area contributed by atoms with Crippen LogP contribution in [-0.2, 0) is 23.9 Å². The number of hydrogen-bond donors (Lipinski definition) is 2. The van der Waals surface area contributed by atoms with Crippen molar-refractivity contribution >= 4 is 29.6 Å². The Labute approximate surface area is 268 Å². The highest BCUT2D eigenvalue weighted by Gasteiger charge is 2.63. The van der Waals surface area contributed by atoms with Crippen molar-refractivity contribution in [1.29, 1.82) is 0 Å². The fourth-order valence-electron chi connectivity index (χ4n) is 5.41. The molecule has 2 aliphatic heterocycles. The summed E-state index contributed by atoms with van der Waals surface area (Å²) in [5.41, 5.74) is -0.194. The number of hydrogen-bond acceptors (Lipinski definition) is 8. The van der Waals surface area contributed by atoms with Gasteiger partial charge in [0.15, 0.2) is 0 Å². The predicted molar refractivity (Wildman–Crippen MR) is 157 cm³/mol. The van der Waals surface area contributed by atoms with Crippen LogP contribution < -0.4 is 10.6 Å². The maximum absolute atomic E-state index is 14.7. The summed E-state index contributed by atoms with van der Waals surface area (Å²) >= 11 is 0. The van der Waals surface area contributed by atoms with Crippen molar-refractivity contribution in [2.75, 3.05) is 32.8 Å². The van der Waals surface area contributed by atoms with Crippen LogP contribution in [0.4, 0.5) is 22.0 Å². The molecule has 0 aliphatic carbocycles.